The summed E-state index contributed by atoms with van der Waals surface area (Å²) in [6, 6.07) is 7.71. The fourth-order valence-electron chi connectivity index (χ4n) is 2.24. The van der Waals surface area contributed by atoms with Gasteiger partial charge in [0.25, 0.3) is 0 Å². The van der Waals surface area contributed by atoms with Crippen LogP contribution in [0, 0.1) is 11.6 Å². The van der Waals surface area contributed by atoms with E-state index in [-0.39, 0.29) is 11.4 Å². The molecule has 5 nitrogen and oxygen atoms in total. The number of benzene rings is 2. The maximum absolute atomic E-state index is 13.2. The van der Waals surface area contributed by atoms with E-state index in [0.717, 1.165) is 22.7 Å². The number of hydrogen-bond acceptors (Lipinski definition) is 3. The first-order valence-corrected chi connectivity index (χ1v) is 9.33. The van der Waals surface area contributed by atoms with Gasteiger partial charge in [-0.05, 0) is 37.3 Å². The van der Waals surface area contributed by atoms with Crippen LogP contribution in [0.5, 0.6) is 0 Å². The van der Waals surface area contributed by atoms with Gasteiger partial charge in [0.2, 0.25) is 15.9 Å². The van der Waals surface area contributed by atoms with Crippen LogP contribution < -0.4 is 9.62 Å². The van der Waals surface area contributed by atoms with Crippen LogP contribution in [-0.4, -0.2) is 26.6 Å². The SMILES string of the molecule is CC(C(=O)Nc1ccc(F)c(F)c1)N(c1cccc(Cl)c1)S(C)(=O)=O. The molecule has 0 aliphatic carbocycles. The van der Waals surface area contributed by atoms with Crippen molar-refractivity contribution in [3.05, 3.63) is 59.1 Å². The maximum atomic E-state index is 13.2. The molecule has 0 bridgehead atoms. The second-order valence-corrected chi connectivity index (χ2v) is 7.63. The van der Waals surface area contributed by atoms with Gasteiger partial charge in [0.1, 0.15) is 6.04 Å². The normalized spacial score (nSPS) is 12.5. The van der Waals surface area contributed by atoms with Gasteiger partial charge in [-0.25, -0.2) is 17.2 Å². The number of hydrogen-bond donors (Lipinski definition) is 1. The van der Waals surface area contributed by atoms with Crippen LogP contribution in [0.3, 0.4) is 0 Å². The lowest BCUT2D eigenvalue weighted by Gasteiger charge is -2.28. The van der Waals surface area contributed by atoms with Crippen molar-refractivity contribution in [3.63, 3.8) is 0 Å². The summed E-state index contributed by atoms with van der Waals surface area (Å²) in [4.78, 5) is 12.4. The van der Waals surface area contributed by atoms with Crippen molar-refractivity contribution in [2.24, 2.45) is 0 Å². The molecule has 0 fully saturated rings. The molecule has 2 rings (SSSR count). The largest absolute Gasteiger partial charge is 0.324 e. The number of amides is 1. The molecular weight excluding hydrogens is 374 g/mol. The molecule has 1 N–H and O–H groups in total. The van der Waals surface area contributed by atoms with Crippen LogP contribution in [0.1, 0.15) is 6.92 Å². The minimum absolute atomic E-state index is 0.00953. The van der Waals surface area contributed by atoms with E-state index in [0.29, 0.717) is 5.02 Å². The van der Waals surface area contributed by atoms with Crippen molar-refractivity contribution in [3.8, 4) is 0 Å². The van der Waals surface area contributed by atoms with E-state index in [4.69, 9.17) is 11.6 Å². The zero-order valence-electron chi connectivity index (χ0n) is 13.3. The third-order valence-electron chi connectivity index (χ3n) is 3.34. The van der Waals surface area contributed by atoms with Crippen molar-refractivity contribution in [2.45, 2.75) is 13.0 Å². The Hall–Kier alpha value is -2.19. The number of carbonyl (C=O) groups is 1. The Balaban J connectivity index is 2.31. The van der Waals surface area contributed by atoms with Gasteiger partial charge in [-0.1, -0.05) is 17.7 Å². The summed E-state index contributed by atoms with van der Waals surface area (Å²) in [6.07, 6.45) is 0.954. The minimum Gasteiger partial charge on any atom is -0.324 e. The molecule has 0 saturated heterocycles. The van der Waals surface area contributed by atoms with E-state index in [2.05, 4.69) is 5.32 Å². The van der Waals surface area contributed by atoms with Crippen molar-refractivity contribution in [1.29, 1.82) is 0 Å². The lowest BCUT2D eigenvalue weighted by Crippen LogP contribution is -2.45. The number of halogens is 3. The number of nitrogens with zero attached hydrogens (tertiary/aromatic N) is 1. The van der Waals surface area contributed by atoms with Crippen LogP contribution in [0.15, 0.2) is 42.5 Å². The predicted octanol–water partition coefficient (Wildman–Crippen LogP) is 3.41. The van der Waals surface area contributed by atoms with Gasteiger partial charge < -0.3 is 5.32 Å². The quantitative estimate of drug-likeness (QED) is 0.853. The Morgan fingerprint density at radius 1 is 1.16 bits per heavy atom. The van der Waals surface area contributed by atoms with E-state index in [9.17, 15) is 22.0 Å². The van der Waals surface area contributed by atoms with Gasteiger partial charge in [0.15, 0.2) is 11.6 Å². The molecular formula is C16H15ClF2N2O3S. The zero-order valence-corrected chi connectivity index (χ0v) is 14.9. The fraction of sp³-hybridized carbons (Fsp3) is 0.188. The van der Waals surface area contributed by atoms with E-state index in [1.54, 1.807) is 12.1 Å². The summed E-state index contributed by atoms with van der Waals surface area (Å²) >= 11 is 5.89. The number of nitrogens with one attached hydrogen (secondary N) is 1. The van der Waals surface area contributed by atoms with Crippen LogP contribution >= 0.6 is 11.6 Å². The highest BCUT2D eigenvalue weighted by molar-refractivity contribution is 7.92. The van der Waals surface area contributed by atoms with Gasteiger partial charge in [0, 0.05) is 16.8 Å². The summed E-state index contributed by atoms with van der Waals surface area (Å²) in [7, 11) is -3.81. The van der Waals surface area contributed by atoms with Gasteiger partial charge in [-0.2, -0.15) is 0 Å². The highest BCUT2D eigenvalue weighted by Gasteiger charge is 2.29. The van der Waals surface area contributed by atoms with Gasteiger partial charge >= 0.3 is 0 Å². The van der Waals surface area contributed by atoms with E-state index in [1.165, 1.54) is 25.1 Å². The predicted molar refractivity (Wildman–Crippen MR) is 93.2 cm³/mol. The summed E-state index contributed by atoms with van der Waals surface area (Å²) in [6.45, 7) is 1.37. The first kappa shape index (κ1) is 19.1. The Morgan fingerprint density at radius 2 is 1.84 bits per heavy atom. The van der Waals surface area contributed by atoms with Crippen molar-refractivity contribution in [2.75, 3.05) is 15.9 Å². The summed E-state index contributed by atoms with van der Waals surface area (Å²) in [5.74, 6) is -2.89. The molecule has 0 aromatic heterocycles. The average molecular weight is 389 g/mol. The van der Waals surface area contributed by atoms with Gasteiger partial charge in [0.05, 0.1) is 11.9 Å². The highest BCUT2D eigenvalue weighted by Crippen LogP contribution is 2.25. The van der Waals surface area contributed by atoms with Crippen LogP contribution in [0.2, 0.25) is 5.02 Å². The van der Waals surface area contributed by atoms with Crippen LogP contribution in [0.25, 0.3) is 0 Å². The molecule has 1 atom stereocenters. The van der Waals surface area contributed by atoms with E-state index >= 15 is 0 Å². The molecule has 2 aromatic rings. The molecule has 0 radical (unpaired) electrons. The summed E-state index contributed by atoms with van der Waals surface area (Å²) in [5, 5.41) is 2.67. The first-order chi connectivity index (χ1) is 11.6. The Labute approximate surface area is 149 Å². The molecule has 0 aliphatic rings. The molecule has 0 heterocycles. The van der Waals surface area contributed by atoms with Gasteiger partial charge in [-0.3, -0.25) is 9.10 Å². The Morgan fingerprint density at radius 3 is 2.40 bits per heavy atom. The lowest BCUT2D eigenvalue weighted by molar-refractivity contribution is -0.116. The second-order valence-electron chi connectivity index (χ2n) is 5.33. The van der Waals surface area contributed by atoms with Crippen molar-refractivity contribution in [1.82, 2.24) is 0 Å². The molecule has 1 amide bonds. The molecule has 134 valence electrons. The summed E-state index contributed by atoms with van der Waals surface area (Å²) < 4.78 is 51.4. The number of rotatable bonds is 5. The Kier molecular flexibility index (Phi) is 5.64. The molecule has 9 heteroatoms. The second kappa shape index (κ2) is 7.37. The van der Waals surface area contributed by atoms with Crippen molar-refractivity contribution < 1.29 is 22.0 Å². The lowest BCUT2D eigenvalue weighted by atomic mass is 10.2. The number of anilines is 2. The van der Waals surface area contributed by atoms with E-state index < -0.39 is 33.6 Å². The zero-order chi connectivity index (χ0) is 18.8. The molecule has 0 spiro atoms. The smallest absolute Gasteiger partial charge is 0.247 e. The van der Waals surface area contributed by atoms with Crippen LogP contribution in [-0.2, 0) is 14.8 Å². The highest BCUT2D eigenvalue weighted by atomic mass is 35.5. The molecule has 25 heavy (non-hydrogen) atoms. The fourth-order valence-corrected chi connectivity index (χ4v) is 3.59. The summed E-state index contributed by atoms with van der Waals surface area (Å²) in [5.41, 5.74) is 0.221. The topological polar surface area (TPSA) is 66.5 Å². The maximum Gasteiger partial charge on any atom is 0.247 e. The third-order valence-corrected chi connectivity index (χ3v) is 4.82. The van der Waals surface area contributed by atoms with Crippen molar-refractivity contribution >= 4 is 38.9 Å². The standard InChI is InChI=1S/C16H15ClF2N2O3S/c1-10(16(22)20-12-6-7-14(18)15(19)9-12)21(25(2,23)24)13-5-3-4-11(17)8-13/h3-10H,1-2H3,(H,20,22). The molecule has 0 aliphatic heterocycles. The minimum atomic E-state index is -3.81. The first-order valence-electron chi connectivity index (χ1n) is 7.10. The molecule has 0 saturated carbocycles. The molecule has 2 aromatic carbocycles. The monoisotopic (exact) mass is 388 g/mol. The Bertz CT molecular complexity index is 906. The third kappa shape index (κ3) is 4.67. The van der Waals surface area contributed by atoms with E-state index in [1.807, 2.05) is 0 Å². The van der Waals surface area contributed by atoms with Gasteiger partial charge in [-0.15, -0.1) is 0 Å². The number of sulfonamides is 1. The molecule has 1 unspecified atom stereocenters. The average Bonchev–Trinajstić information content (AvgIpc) is 2.49. The van der Waals surface area contributed by atoms with Crippen LogP contribution in [0.4, 0.5) is 20.2 Å². The number of carbonyl (C=O) groups excluding carboxylic acids is 1.